The minimum absolute atomic E-state index is 0.945. The molecule has 0 unspecified atom stereocenters. The number of hydrogen-bond donors (Lipinski definition) is 0. The molecule has 0 atom stereocenters. The van der Waals surface area contributed by atoms with Crippen LogP contribution < -0.4 is 0 Å². The van der Waals surface area contributed by atoms with Crippen LogP contribution in [0.3, 0.4) is 0 Å². The van der Waals surface area contributed by atoms with Gasteiger partial charge in [-0.3, -0.25) is 0 Å². The molecule has 0 saturated heterocycles. The number of benzene rings is 1. The fraction of sp³-hybridized carbons (Fsp3) is 0. The van der Waals surface area contributed by atoms with Gasteiger partial charge in [-0.25, -0.2) is 0 Å². The fourth-order valence-electron chi connectivity index (χ4n) is 2.47. The van der Waals surface area contributed by atoms with Gasteiger partial charge in [-0.05, 0) is 35.0 Å². The smallest absolute Gasteiger partial charge is 0.146 e. The summed E-state index contributed by atoms with van der Waals surface area (Å²) < 4.78 is 14.1. The van der Waals surface area contributed by atoms with Gasteiger partial charge in [0, 0.05) is 10.8 Å². The molecule has 0 aliphatic heterocycles. The van der Waals surface area contributed by atoms with Gasteiger partial charge >= 0.3 is 0 Å². The van der Waals surface area contributed by atoms with Crippen molar-refractivity contribution >= 4 is 65.2 Å². The van der Waals surface area contributed by atoms with Crippen molar-refractivity contribution in [3.63, 3.8) is 0 Å². The van der Waals surface area contributed by atoms with E-state index in [-0.39, 0.29) is 0 Å². The van der Waals surface area contributed by atoms with E-state index >= 15 is 0 Å². The van der Waals surface area contributed by atoms with Crippen molar-refractivity contribution in [3.8, 4) is 0 Å². The standard InChI is InChI=1S/C14H6O2S2/c1-3-17-13-7-5-12-8(6-11(7)15-9(1)13)14-10(16-12)2-4-18-14/h1-6H. The predicted molar refractivity (Wildman–Crippen MR) is 76.8 cm³/mol. The molecule has 5 rings (SSSR count). The van der Waals surface area contributed by atoms with Gasteiger partial charge in [0.2, 0.25) is 0 Å². The average Bonchev–Trinajstić information content (AvgIpc) is 3.04. The molecular formula is C14H6O2S2. The molecule has 5 aromatic rings. The quantitative estimate of drug-likeness (QED) is 0.365. The van der Waals surface area contributed by atoms with E-state index in [0.29, 0.717) is 0 Å². The van der Waals surface area contributed by atoms with Crippen LogP contribution in [0, 0.1) is 0 Å². The van der Waals surface area contributed by atoms with E-state index in [1.807, 2.05) is 12.1 Å². The van der Waals surface area contributed by atoms with Crippen molar-refractivity contribution in [1.82, 2.24) is 0 Å². The zero-order chi connectivity index (χ0) is 11.7. The van der Waals surface area contributed by atoms with Crippen LogP contribution in [0.25, 0.3) is 42.5 Å². The van der Waals surface area contributed by atoms with E-state index in [2.05, 4.69) is 22.9 Å². The summed E-state index contributed by atoms with van der Waals surface area (Å²) in [7, 11) is 0. The Balaban J connectivity index is 2.10. The summed E-state index contributed by atoms with van der Waals surface area (Å²) in [5, 5.41) is 6.40. The largest absolute Gasteiger partial charge is 0.455 e. The van der Waals surface area contributed by atoms with Gasteiger partial charge in [-0.2, -0.15) is 0 Å². The summed E-state index contributed by atoms with van der Waals surface area (Å²) in [5.41, 5.74) is 3.82. The van der Waals surface area contributed by atoms with E-state index in [9.17, 15) is 0 Å². The van der Waals surface area contributed by atoms with Crippen LogP contribution in [-0.4, -0.2) is 0 Å². The molecule has 0 saturated carbocycles. The van der Waals surface area contributed by atoms with E-state index in [0.717, 1.165) is 33.1 Å². The zero-order valence-corrected chi connectivity index (χ0v) is 10.7. The Hall–Kier alpha value is -1.78. The monoisotopic (exact) mass is 270 g/mol. The Kier molecular flexibility index (Phi) is 1.51. The van der Waals surface area contributed by atoms with Gasteiger partial charge in [-0.1, -0.05) is 0 Å². The summed E-state index contributed by atoms with van der Waals surface area (Å²) in [6, 6.07) is 8.23. The molecule has 18 heavy (non-hydrogen) atoms. The van der Waals surface area contributed by atoms with Gasteiger partial charge in [0.05, 0.1) is 9.40 Å². The summed E-state index contributed by atoms with van der Waals surface area (Å²) in [4.78, 5) is 0. The molecule has 4 aromatic heterocycles. The number of fused-ring (bicyclic) bond motifs is 6. The molecule has 0 amide bonds. The molecular weight excluding hydrogens is 264 g/mol. The Morgan fingerprint density at radius 3 is 1.67 bits per heavy atom. The van der Waals surface area contributed by atoms with E-state index in [4.69, 9.17) is 8.83 Å². The van der Waals surface area contributed by atoms with Crippen LogP contribution in [0.1, 0.15) is 0 Å². The molecule has 0 bridgehead atoms. The van der Waals surface area contributed by atoms with Crippen molar-refractivity contribution in [2.45, 2.75) is 0 Å². The molecule has 4 heterocycles. The van der Waals surface area contributed by atoms with Crippen LogP contribution in [-0.2, 0) is 0 Å². The fourth-order valence-corrected chi connectivity index (χ4v) is 4.15. The highest BCUT2D eigenvalue weighted by atomic mass is 32.1. The highest BCUT2D eigenvalue weighted by Crippen LogP contribution is 2.39. The van der Waals surface area contributed by atoms with E-state index in [1.165, 1.54) is 9.40 Å². The lowest BCUT2D eigenvalue weighted by Gasteiger charge is -1.89. The van der Waals surface area contributed by atoms with Crippen LogP contribution >= 0.6 is 22.7 Å². The molecule has 0 aliphatic carbocycles. The summed E-state index contributed by atoms with van der Waals surface area (Å²) in [6.45, 7) is 0. The molecule has 4 heteroatoms. The molecule has 1 aromatic carbocycles. The zero-order valence-electron chi connectivity index (χ0n) is 9.10. The van der Waals surface area contributed by atoms with Crippen molar-refractivity contribution < 1.29 is 8.83 Å². The summed E-state index contributed by atoms with van der Waals surface area (Å²) in [5.74, 6) is 0. The first-order valence-corrected chi connectivity index (χ1v) is 7.35. The SMILES string of the molecule is c1cc2oc3cc4c(cc3c2s1)oc1ccsc14. The average molecular weight is 270 g/mol. The molecule has 0 aliphatic rings. The number of hydrogen-bond acceptors (Lipinski definition) is 4. The van der Waals surface area contributed by atoms with Crippen LogP contribution in [0.5, 0.6) is 0 Å². The van der Waals surface area contributed by atoms with E-state index < -0.39 is 0 Å². The molecule has 0 N–H and O–H groups in total. The second-order valence-electron chi connectivity index (χ2n) is 4.28. The molecule has 86 valence electrons. The lowest BCUT2D eigenvalue weighted by Crippen LogP contribution is -1.65. The first-order chi connectivity index (χ1) is 8.90. The van der Waals surface area contributed by atoms with Crippen molar-refractivity contribution in [2.75, 3.05) is 0 Å². The van der Waals surface area contributed by atoms with Crippen LogP contribution in [0.4, 0.5) is 0 Å². The van der Waals surface area contributed by atoms with Crippen LogP contribution in [0.15, 0.2) is 43.9 Å². The van der Waals surface area contributed by atoms with E-state index in [1.54, 1.807) is 22.7 Å². The normalized spacial score (nSPS) is 12.4. The Morgan fingerprint density at radius 2 is 1.17 bits per heavy atom. The molecule has 2 nitrogen and oxygen atoms in total. The maximum absolute atomic E-state index is 5.87. The maximum atomic E-state index is 5.87. The van der Waals surface area contributed by atoms with Gasteiger partial charge in [0.15, 0.2) is 0 Å². The summed E-state index contributed by atoms with van der Waals surface area (Å²) >= 11 is 3.42. The lowest BCUT2D eigenvalue weighted by atomic mass is 10.2. The van der Waals surface area contributed by atoms with Crippen molar-refractivity contribution in [2.24, 2.45) is 0 Å². The summed E-state index contributed by atoms with van der Waals surface area (Å²) in [6.07, 6.45) is 0. The second kappa shape index (κ2) is 2.96. The maximum Gasteiger partial charge on any atom is 0.146 e. The highest BCUT2D eigenvalue weighted by Gasteiger charge is 2.14. The third-order valence-electron chi connectivity index (χ3n) is 3.27. The molecule has 0 radical (unpaired) electrons. The van der Waals surface area contributed by atoms with Crippen molar-refractivity contribution in [1.29, 1.82) is 0 Å². The third-order valence-corrected chi connectivity index (χ3v) is 5.13. The Bertz CT molecular complexity index is 941. The molecule has 0 fully saturated rings. The van der Waals surface area contributed by atoms with Gasteiger partial charge < -0.3 is 8.83 Å². The Labute approximate surface area is 109 Å². The Morgan fingerprint density at radius 1 is 0.667 bits per heavy atom. The number of rotatable bonds is 0. The first-order valence-electron chi connectivity index (χ1n) is 5.59. The lowest BCUT2D eigenvalue weighted by molar-refractivity contribution is 0.664. The van der Waals surface area contributed by atoms with Gasteiger partial charge in [0.1, 0.15) is 22.3 Å². The van der Waals surface area contributed by atoms with Crippen LogP contribution in [0.2, 0.25) is 0 Å². The predicted octanol–water partition coefficient (Wildman–Crippen LogP) is 5.61. The van der Waals surface area contributed by atoms with Gasteiger partial charge in [0.25, 0.3) is 0 Å². The third kappa shape index (κ3) is 0.985. The minimum Gasteiger partial charge on any atom is -0.455 e. The topological polar surface area (TPSA) is 26.3 Å². The highest BCUT2D eigenvalue weighted by molar-refractivity contribution is 7.18. The number of furan rings is 2. The second-order valence-corrected chi connectivity index (χ2v) is 6.11. The van der Waals surface area contributed by atoms with Crippen molar-refractivity contribution in [3.05, 3.63) is 35.0 Å². The number of thiophene rings is 2. The first kappa shape index (κ1) is 9.19. The van der Waals surface area contributed by atoms with Gasteiger partial charge in [-0.15, -0.1) is 22.7 Å². The minimum atomic E-state index is 0.945. The molecule has 0 spiro atoms.